The summed E-state index contributed by atoms with van der Waals surface area (Å²) in [5.41, 5.74) is 6.92. The summed E-state index contributed by atoms with van der Waals surface area (Å²) in [6, 6.07) is 0.580. The van der Waals surface area contributed by atoms with Crippen molar-refractivity contribution in [3.05, 3.63) is 18.2 Å². The second-order valence-corrected chi connectivity index (χ2v) is 5.58. The van der Waals surface area contributed by atoms with Crippen LogP contribution in [0.3, 0.4) is 0 Å². The standard InChI is InChI=1S/C13H21N3/c1-9(16-8-15-7-12(16)6-14)13-5-10-2-3-11(13)4-10/h7-11,13H,2-6,14H2,1H3. The predicted octanol–water partition coefficient (Wildman–Crippen LogP) is 2.34. The first-order chi connectivity index (χ1) is 7.79. The molecule has 88 valence electrons. The van der Waals surface area contributed by atoms with Crippen LogP contribution >= 0.6 is 0 Å². The van der Waals surface area contributed by atoms with Gasteiger partial charge in [0, 0.05) is 18.8 Å². The molecule has 0 amide bonds. The van der Waals surface area contributed by atoms with Gasteiger partial charge in [0.1, 0.15) is 0 Å². The first-order valence-electron chi connectivity index (χ1n) is 6.50. The molecule has 0 radical (unpaired) electrons. The van der Waals surface area contributed by atoms with Crippen molar-refractivity contribution in [2.45, 2.75) is 45.2 Å². The van der Waals surface area contributed by atoms with Crippen molar-refractivity contribution in [2.24, 2.45) is 23.5 Å². The van der Waals surface area contributed by atoms with Crippen LogP contribution in [0.15, 0.2) is 12.5 Å². The molecule has 1 aromatic rings. The molecule has 16 heavy (non-hydrogen) atoms. The number of rotatable bonds is 3. The van der Waals surface area contributed by atoms with E-state index in [1.165, 1.54) is 31.4 Å². The van der Waals surface area contributed by atoms with Crippen molar-refractivity contribution in [1.82, 2.24) is 9.55 Å². The minimum atomic E-state index is 0.580. The largest absolute Gasteiger partial charge is 0.330 e. The molecule has 4 atom stereocenters. The van der Waals surface area contributed by atoms with Crippen molar-refractivity contribution < 1.29 is 0 Å². The normalized spacial score (nSPS) is 34.5. The average molecular weight is 219 g/mol. The van der Waals surface area contributed by atoms with E-state index in [9.17, 15) is 0 Å². The van der Waals surface area contributed by atoms with Crippen LogP contribution < -0.4 is 5.73 Å². The molecule has 2 aliphatic rings. The highest BCUT2D eigenvalue weighted by molar-refractivity contribution is 5.02. The van der Waals surface area contributed by atoms with Gasteiger partial charge in [-0.25, -0.2) is 4.98 Å². The Morgan fingerprint density at radius 3 is 3.00 bits per heavy atom. The molecule has 3 nitrogen and oxygen atoms in total. The van der Waals surface area contributed by atoms with Crippen LogP contribution in [0.2, 0.25) is 0 Å². The van der Waals surface area contributed by atoms with Gasteiger partial charge in [0.2, 0.25) is 0 Å². The molecule has 1 aromatic heterocycles. The van der Waals surface area contributed by atoms with Gasteiger partial charge in [-0.2, -0.15) is 0 Å². The van der Waals surface area contributed by atoms with Crippen LogP contribution in [0.25, 0.3) is 0 Å². The van der Waals surface area contributed by atoms with Crippen LogP contribution in [0.1, 0.15) is 44.3 Å². The fraction of sp³-hybridized carbons (Fsp3) is 0.769. The van der Waals surface area contributed by atoms with Crippen molar-refractivity contribution in [3.8, 4) is 0 Å². The van der Waals surface area contributed by atoms with Crippen molar-refractivity contribution in [1.29, 1.82) is 0 Å². The van der Waals surface area contributed by atoms with Gasteiger partial charge in [0.25, 0.3) is 0 Å². The Labute approximate surface area is 97.0 Å². The first-order valence-corrected chi connectivity index (χ1v) is 6.50. The molecule has 2 N–H and O–H groups in total. The maximum atomic E-state index is 5.75. The van der Waals surface area contributed by atoms with Crippen LogP contribution in [0, 0.1) is 17.8 Å². The maximum Gasteiger partial charge on any atom is 0.0951 e. The molecule has 0 aliphatic heterocycles. The van der Waals surface area contributed by atoms with Gasteiger partial charge in [-0.1, -0.05) is 6.42 Å². The van der Waals surface area contributed by atoms with Gasteiger partial charge in [0.15, 0.2) is 0 Å². The van der Waals surface area contributed by atoms with Gasteiger partial charge in [0.05, 0.1) is 12.0 Å². The lowest BCUT2D eigenvalue weighted by Gasteiger charge is -2.29. The fourth-order valence-electron chi connectivity index (χ4n) is 3.95. The average Bonchev–Trinajstić information content (AvgIpc) is 3.02. The molecule has 2 bridgehead atoms. The zero-order valence-corrected chi connectivity index (χ0v) is 9.97. The Kier molecular flexibility index (Phi) is 2.51. The Morgan fingerprint density at radius 2 is 2.38 bits per heavy atom. The molecule has 2 saturated carbocycles. The van der Waals surface area contributed by atoms with E-state index in [0.29, 0.717) is 12.6 Å². The van der Waals surface area contributed by atoms with Gasteiger partial charge in [-0.3, -0.25) is 0 Å². The molecular formula is C13H21N3. The Hall–Kier alpha value is -0.830. The third-order valence-electron chi connectivity index (χ3n) is 4.81. The quantitative estimate of drug-likeness (QED) is 0.848. The summed E-state index contributed by atoms with van der Waals surface area (Å²) in [4.78, 5) is 4.23. The molecule has 2 fully saturated rings. The smallest absolute Gasteiger partial charge is 0.0951 e. The predicted molar refractivity (Wildman–Crippen MR) is 63.8 cm³/mol. The summed E-state index contributed by atoms with van der Waals surface area (Å²) in [6.07, 6.45) is 9.69. The second kappa shape index (κ2) is 3.88. The minimum absolute atomic E-state index is 0.580. The SMILES string of the molecule is CC(C1CC2CCC1C2)n1cncc1CN. The third-order valence-corrected chi connectivity index (χ3v) is 4.81. The monoisotopic (exact) mass is 219 g/mol. The number of nitrogens with zero attached hydrogens (tertiary/aromatic N) is 2. The highest BCUT2D eigenvalue weighted by Gasteiger charge is 2.42. The zero-order chi connectivity index (χ0) is 11.1. The number of hydrogen-bond acceptors (Lipinski definition) is 2. The first kappa shape index (κ1) is 10.3. The molecule has 1 heterocycles. The minimum Gasteiger partial charge on any atom is -0.330 e. The summed E-state index contributed by atoms with van der Waals surface area (Å²) in [7, 11) is 0. The van der Waals surface area contributed by atoms with E-state index >= 15 is 0 Å². The van der Waals surface area contributed by atoms with E-state index in [0.717, 1.165) is 17.8 Å². The van der Waals surface area contributed by atoms with E-state index in [-0.39, 0.29) is 0 Å². The zero-order valence-electron chi connectivity index (χ0n) is 9.97. The van der Waals surface area contributed by atoms with Crippen molar-refractivity contribution >= 4 is 0 Å². The molecule has 3 rings (SSSR count). The number of aromatic nitrogens is 2. The molecular weight excluding hydrogens is 198 g/mol. The maximum absolute atomic E-state index is 5.75. The highest BCUT2D eigenvalue weighted by Crippen LogP contribution is 2.52. The summed E-state index contributed by atoms with van der Waals surface area (Å²) >= 11 is 0. The Balaban J connectivity index is 1.80. The van der Waals surface area contributed by atoms with E-state index in [2.05, 4.69) is 16.5 Å². The Morgan fingerprint density at radius 1 is 1.50 bits per heavy atom. The molecule has 3 heteroatoms. The van der Waals surface area contributed by atoms with Gasteiger partial charge in [-0.05, 0) is 43.9 Å². The van der Waals surface area contributed by atoms with Crippen LogP contribution in [-0.4, -0.2) is 9.55 Å². The second-order valence-electron chi connectivity index (χ2n) is 5.58. The molecule has 0 aromatic carbocycles. The van der Waals surface area contributed by atoms with E-state index in [4.69, 9.17) is 5.73 Å². The third kappa shape index (κ3) is 1.49. The number of fused-ring (bicyclic) bond motifs is 2. The molecule has 0 spiro atoms. The summed E-state index contributed by atoms with van der Waals surface area (Å²) < 4.78 is 2.30. The van der Waals surface area contributed by atoms with E-state index in [1.54, 1.807) is 0 Å². The Bertz CT molecular complexity index is 371. The van der Waals surface area contributed by atoms with Crippen LogP contribution in [-0.2, 0) is 6.54 Å². The topological polar surface area (TPSA) is 43.8 Å². The van der Waals surface area contributed by atoms with Gasteiger partial charge < -0.3 is 10.3 Å². The molecule has 0 saturated heterocycles. The summed E-state index contributed by atoms with van der Waals surface area (Å²) in [5.74, 6) is 2.84. The highest BCUT2D eigenvalue weighted by atomic mass is 15.1. The van der Waals surface area contributed by atoms with E-state index < -0.39 is 0 Å². The summed E-state index contributed by atoms with van der Waals surface area (Å²) in [6.45, 7) is 2.94. The number of nitrogens with two attached hydrogens (primary N) is 1. The lowest BCUT2D eigenvalue weighted by molar-refractivity contribution is 0.239. The fourth-order valence-corrected chi connectivity index (χ4v) is 3.95. The number of hydrogen-bond donors (Lipinski definition) is 1. The lowest BCUT2D eigenvalue weighted by atomic mass is 9.84. The lowest BCUT2D eigenvalue weighted by Crippen LogP contribution is -2.23. The van der Waals surface area contributed by atoms with Crippen LogP contribution in [0.4, 0.5) is 0 Å². The van der Waals surface area contributed by atoms with E-state index in [1.807, 2.05) is 12.5 Å². The number of imidazole rings is 1. The van der Waals surface area contributed by atoms with Gasteiger partial charge >= 0.3 is 0 Å². The van der Waals surface area contributed by atoms with Crippen LogP contribution in [0.5, 0.6) is 0 Å². The van der Waals surface area contributed by atoms with Crippen molar-refractivity contribution in [3.63, 3.8) is 0 Å². The van der Waals surface area contributed by atoms with Gasteiger partial charge in [-0.15, -0.1) is 0 Å². The van der Waals surface area contributed by atoms with Crippen molar-refractivity contribution in [2.75, 3.05) is 0 Å². The summed E-state index contributed by atoms with van der Waals surface area (Å²) in [5, 5.41) is 0. The molecule has 2 aliphatic carbocycles. The molecule has 4 unspecified atom stereocenters.